The van der Waals surface area contributed by atoms with E-state index in [-0.39, 0.29) is 16.6 Å². The van der Waals surface area contributed by atoms with E-state index in [0.29, 0.717) is 0 Å². The molecule has 1 rings (SSSR count). The third-order valence-corrected chi connectivity index (χ3v) is 1.39. The molecule has 0 fully saturated rings. The van der Waals surface area contributed by atoms with Gasteiger partial charge < -0.3 is 5.32 Å². The molecule has 0 spiro atoms. The van der Waals surface area contributed by atoms with E-state index >= 15 is 0 Å². The van der Waals surface area contributed by atoms with Gasteiger partial charge in [0.2, 0.25) is 0 Å². The molecule has 0 atom stereocenters. The Balaban J connectivity index is 3.03. The summed E-state index contributed by atoms with van der Waals surface area (Å²) in [6, 6.07) is 0. The van der Waals surface area contributed by atoms with Crippen LogP contribution in [0.25, 0.3) is 0 Å². The van der Waals surface area contributed by atoms with Gasteiger partial charge in [0.15, 0.2) is 0 Å². The van der Waals surface area contributed by atoms with Gasteiger partial charge in [-0.1, -0.05) is 11.6 Å². The van der Waals surface area contributed by atoms with Crippen molar-refractivity contribution in [3.63, 3.8) is 0 Å². The Hall–Kier alpha value is -1.16. The van der Waals surface area contributed by atoms with Gasteiger partial charge in [-0.2, -0.15) is 0 Å². The number of nitrogens with one attached hydrogen (secondary N) is 1. The number of hydrogen-bond donors (Lipinski definition) is 1. The standard InChI is InChI=1S/C6H6ClN3O/c1-8-6(11)5-4(7)2-9-3-10-5/h2-3H,1H3,(H,8,11). The predicted octanol–water partition coefficient (Wildman–Crippen LogP) is 0.490. The SMILES string of the molecule is CNC(=O)c1ncncc1Cl. The zero-order valence-electron chi connectivity index (χ0n) is 5.84. The van der Waals surface area contributed by atoms with Crippen LogP contribution in [0.4, 0.5) is 0 Å². The highest BCUT2D eigenvalue weighted by Gasteiger charge is 2.08. The number of amides is 1. The maximum Gasteiger partial charge on any atom is 0.271 e. The number of halogens is 1. The summed E-state index contributed by atoms with van der Waals surface area (Å²) in [6.07, 6.45) is 2.65. The quantitative estimate of drug-likeness (QED) is 0.669. The second-order valence-electron chi connectivity index (χ2n) is 1.80. The highest BCUT2D eigenvalue weighted by Crippen LogP contribution is 2.09. The Labute approximate surface area is 68.6 Å². The van der Waals surface area contributed by atoms with E-state index < -0.39 is 0 Å². The minimum Gasteiger partial charge on any atom is -0.354 e. The van der Waals surface area contributed by atoms with Crippen LogP contribution in [0.5, 0.6) is 0 Å². The summed E-state index contributed by atoms with van der Waals surface area (Å²) in [5.74, 6) is -0.308. The summed E-state index contributed by atoms with van der Waals surface area (Å²) in [7, 11) is 1.51. The zero-order chi connectivity index (χ0) is 8.27. The van der Waals surface area contributed by atoms with Crippen molar-refractivity contribution in [3.8, 4) is 0 Å². The number of nitrogens with zero attached hydrogens (tertiary/aromatic N) is 2. The van der Waals surface area contributed by atoms with E-state index in [9.17, 15) is 4.79 Å². The Kier molecular flexibility index (Phi) is 2.38. The fourth-order valence-corrected chi connectivity index (χ4v) is 0.789. The number of carbonyl (C=O) groups excluding carboxylic acids is 1. The van der Waals surface area contributed by atoms with E-state index in [2.05, 4.69) is 15.3 Å². The molecule has 1 aromatic heterocycles. The lowest BCUT2D eigenvalue weighted by molar-refractivity contribution is 0.0958. The molecule has 1 aromatic rings. The summed E-state index contributed by atoms with van der Waals surface area (Å²) >= 11 is 5.61. The molecular formula is C6H6ClN3O. The van der Waals surface area contributed by atoms with Crippen LogP contribution in [0.1, 0.15) is 10.5 Å². The van der Waals surface area contributed by atoms with E-state index in [1.54, 1.807) is 0 Å². The number of hydrogen-bond acceptors (Lipinski definition) is 3. The first-order chi connectivity index (χ1) is 5.25. The van der Waals surface area contributed by atoms with E-state index in [1.807, 2.05) is 0 Å². The maximum atomic E-state index is 10.9. The minimum atomic E-state index is -0.308. The highest BCUT2D eigenvalue weighted by molar-refractivity contribution is 6.33. The molecule has 0 aliphatic heterocycles. The molecule has 0 aromatic carbocycles. The maximum absolute atomic E-state index is 10.9. The molecule has 4 nitrogen and oxygen atoms in total. The van der Waals surface area contributed by atoms with Crippen molar-refractivity contribution >= 4 is 17.5 Å². The monoisotopic (exact) mass is 171 g/mol. The smallest absolute Gasteiger partial charge is 0.271 e. The fraction of sp³-hybridized carbons (Fsp3) is 0.167. The average Bonchev–Trinajstić information content (AvgIpc) is 2.04. The second-order valence-corrected chi connectivity index (χ2v) is 2.21. The van der Waals surface area contributed by atoms with E-state index in [1.165, 1.54) is 19.6 Å². The van der Waals surface area contributed by atoms with Crippen LogP contribution in [0.15, 0.2) is 12.5 Å². The van der Waals surface area contributed by atoms with Crippen molar-refractivity contribution in [2.24, 2.45) is 0 Å². The molecule has 11 heavy (non-hydrogen) atoms. The number of carbonyl (C=O) groups is 1. The molecule has 0 radical (unpaired) electrons. The summed E-state index contributed by atoms with van der Waals surface area (Å²) in [4.78, 5) is 18.3. The van der Waals surface area contributed by atoms with Gasteiger partial charge in [0, 0.05) is 13.2 Å². The molecule has 0 aliphatic rings. The molecule has 0 unspecified atom stereocenters. The molecule has 58 valence electrons. The topological polar surface area (TPSA) is 54.9 Å². The first-order valence-electron chi connectivity index (χ1n) is 2.93. The summed E-state index contributed by atoms with van der Waals surface area (Å²) in [5.41, 5.74) is 0.198. The van der Waals surface area contributed by atoms with Gasteiger partial charge in [-0.3, -0.25) is 4.79 Å². The normalized spacial score (nSPS) is 9.27. The first kappa shape index (κ1) is 7.94. The summed E-state index contributed by atoms with van der Waals surface area (Å²) in [6.45, 7) is 0. The van der Waals surface area contributed by atoms with Crippen molar-refractivity contribution in [1.29, 1.82) is 0 Å². The Bertz CT molecular complexity index is 276. The fourth-order valence-electron chi connectivity index (χ4n) is 0.598. The summed E-state index contributed by atoms with van der Waals surface area (Å²) < 4.78 is 0. The molecule has 0 aliphatic carbocycles. The van der Waals surface area contributed by atoms with Crippen molar-refractivity contribution in [3.05, 3.63) is 23.2 Å². The minimum absolute atomic E-state index is 0.198. The van der Waals surface area contributed by atoms with Crippen molar-refractivity contribution in [1.82, 2.24) is 15.3 Å². The van der Waals surface area contributed by atoms with Crippen LogP contribution in [-0.4, -0.2) is 22.9 Å². The molecular weight excluding hydrogens is 166 g/mol. The van der Waals surface area contributed by atoms with Crippen LogP contribution in [0.2, 0.25) is 5.02 Å². The largest absolute Gasteiger partial charge is 0.354 e. The lowest BCUT2D eigenvalue weighted by atomic mass is 10.4. The van der Waals surface area contributed by atoms with Crippen molar-refractivity contribution in [2.45, 2.75) is 0 Å². The lowest BCUT2D eigenvalue weighted by Gasteiger charge is -1.98. The van der Waals surface area contributed by atoms with Gasteiger partial charge in [-0.05, 0) is 0 Å². The first-order valence-corrected chi connectivity index (χ1v) is 3.31. The van der Waals surface area contributed by atoms with Gasteiger partial charge in [0.25, 0.3) is 5.91 Å². The number of aromatic nitrogens is 2. The van der Waals surface area contributed by atoms with Crippen molar-refractivity contribution in [2.75, 3.05) is 7.05 Å². The lowest BCUT2D eigenvalue weighted by Crippen LogP contribution is -2.19. The van der Waals surface area contributed by atoms with Gasteiger partial charge in [0.05, 0.1) is 5.02 Å². The van der Waals surface area contributed by atoms with Gasteiger partial charge in [0.1, 0.15) is 12.0 Å². The predicted molar refractivity (Wildman–Crippen MR) is 40.4 cm³/mol. The van der Waals surface area contributed by atoms with Crippen LogP contribution >= 0.6 is 11.6 Å². The molecule has 1 amide bonds. The molecule has 1 N–H and O–H groups in total. The van der Waals surface area contributed by atoms with Gasteiger partial charge in [-0.25, -0.2) is 9.97 Å². The Morgan fingerprint density at radius 2 is 2.45 bits per heavy atom. The van der Waals surface area contributed by atoms with Crippen LogP contribution < -0.4 is 5.32 Å². The molecule has 5 heteroatoms. The summed E-state index contributed by atoms with van der Waals surface area (Å²) in [5, 5.41) is 2.66. The van der Waals surface area contributed by atoms with Crippen molar-refractivity contribution < 1.29 is 4.79 Å². The average molecular weight is 172 g/mol. The van der Waals surface area contributed by atoms with Gasteiger partial charge in [-0.15, -0.1) is 0 Å². The Morgan fingerprint density at radius 3 is 3.00 bits per heavy atom. The van der Waals surface area contributed by atoms with Crippen LogP contribution in [0, 0.1) is 0 Å². The second kappa shape index (κ2) is 3.30. The molecule has 1 heterocycles. The molecule has 0 bridgehead atoms. The third kappa shape index (κ3) is 1.65. The molecule has 0 saturated carbocycles. The van der Waals surface area contributed by atoms with E-state index in [0.717, 1.165) is 0 Å². The highest BCUT2D eigenvalue weighted by atomic mass is 35.5. The zero-order valence-corrected chi connectivity index (χ0v) is 6.59. The van der Waals surface area contributed by atoms with E-state index in [4.69, 9.17) is 11.6 Å². The third-order valence-electron chi connectivity index (χ3n) is 1.11. The van der Waals surface area contributed by atoms with Crippen LogP contribution in [0.3, 0.4) is 0 Å². The molecule has 0 saturated heterocycles. The van der Waals surface area contributed by atoms with Crippen LogP contribution in [-0.2, 0) is 0 Å². The number of rotatable bonds is 1. The van der Waals surface area contributed by atoms with Gasteiger partial charge >= 0.3 is 0 Å². The Morgan fingerprint density at radius 1 is 1.73 bits per heavy atom.